The smallest absolute Gasteiger partial charge is 0.352 e. The monoisotopic (exact) mass is 509 g/mol. The molecule has 1 saturated heterocycles. The molecule has 2 aromatic rings. The van der Waals surface area contributed by atoms with Gasteiger partial charge < -0.3 is 10.2 Å². The average molecular weight is 510 g/mol. The summed E-state index contributed by atoms with van der Waals surface area (Å²) < 4.78 is 56.0. The normalized spacial score (nSPS) is 22.8. The van der Waals surface area contributed by atoms with Crippen molar-refractivity contribution in [3.63, 3.8) is 0 Å². The maximum Gasteiger partial charge on any atom is 0.417 e. The number of alkyl halides is 3. The maximum atomic E-state index is 13.7. The number of fused-ring (bicyclic) bond motifs is 2. The number of hydrogen-bond donors (Lipinski definition) is 1. The summed E-state index contributed by atoms with van der Waals surface area (Å²) in [6, 6.07) is 7.39. The van der Waals surface area contributed by atoms with Crippen LogP contribution in [-0.2, 0) is 23.6 Å². The second-order valence-electron chi connectivity index (χ2n) is 8.90. The number of hydrogen-bond acceptors (Lipinski definition) is 5. The summed E-state index contributed by atoms with van der Waals surface area (Å²) in [6.45, 7) is 2.09. The standard InChI is InChI=1S/C24H30F3N5O2S/c25-24(26,27)19-9-8-18-7-5-3-1-2-4-6-12-28-23(33)20-10-11-22(30-29-20)31-13-15-32(16-14-31)35(34)21(19)17-18/h8-11,17H,1-7,12-16H2,(H,28,33). The number of benzene rings is 1. The second-order valence-corrected chi connectivity index (χ2v) is 10.4. The van der Waals surface area contributed by atoms with Crippen LogP contribution in [0.4, 0.5) is 19.0 Å². The van der Waals surface area contributed by atoms with E-state index in [9.17, 15) is 22.2 Å². The Morgan fingerprint density at radius 1 is 0.886 bits per heavy atom. The number of halogens is 3. The first-order chi connectivity index (χ1) is 16.8. The Morgan fingerprint density at radius 2 is 1.60 bits per heavy atom. The summed E-state index contributed by atoms with van der Waals surface area (Å²) >= 11 is 0. The van der Waals surface area contributed by atoms with E-state index in [4.69, 9.17) is 0 Å². The Morgan fingerprint density at radius 3 is 2.29 bits per heavy atom. The number of aryl methyl sites for hydroxylation is 1. The quantitative estimate of drug-likeness (QED) is 0.582. The maximum absolute atomic E-state index is 13.7. The van der Waals surface area contributed by atoms with Crippen LogP contribution >= 0.6 is 0 Å². The van der Waals surface area contributed by atoms with E-state index in [1.54, 1.807) is 16.4 Å². The van der Waals surface area contributed by atoms with Crippen molar-refractivity contribution in [2.75, 3.05) is 37.6 Å². The Balaban J connectivity index is 1.55. The molecule has 4 aliphatic heterocycles. The van der Waals surface area contributed by atoms with Crippen molar-refractivity contribution in [2.24, 2.45) is 0 Å². The molecule has 4 aliphatic rings. The van der Waals surface area contributed by atoms with Gasteiger partial charge in [0.2, 0.25) is 0 Å². The van der Waals surface area contributed by atoms with Crippen molar-refractivity contribution < 1.29 is 22.2 Å². The molecule has 1 fully saturated rings. The summed E-state index contributed by atoms with van der Waals surface area (Å²) in [4.78, 5) is 14.1. The van der Waals surface area contributed by atoms with Crippen LogP contribution in [0.1, 0.15) is 60.1 Å². The SMILES string of the molecule is O=C1NCCCCCCCCc2ccc(C(F)(F)F)c(c2)S(=O)N2CCN(CC2)c2ccc1nn2. The van der Waals surface area contributed by atoms with Crippen molar-refractivity contribution in [3.8, 4) is 0 Å². The summed E-state index contributed by atoms with van der Waals surface area (Å²) in [5.41, 5.74) is 0.187. The molecule has 5 heterocycles. The number of rotatable bonds is 0. The zero-order chi connectivity index (χ0) is 24.8. The van der Waals surface area contributed by atoms with Gasteiger partial charge in [-0.1, -0.05) is 31.7 Å². The molecule has 190 valence electrons. The van der Waals surface area contributed by atoms with Gasteiger partial charge in [-0.15, -0.1) is 10.2 Å². The van der Waals surface area contributed by atoms with Crippen molar-refractivity contribution in [2.45, 2.75) is 56.0 Å². The molecule has 7 nitrogen and oxygen atoms in total. The van der Waals surface area contributed by atoms with E-state index < -0.39 is 22.7 Å². The molecule has 1 unspecified atom stereocenters. The van der Waals surface area contributed by atoms with Gasteiger partial charge in [0.05, 0.1) is 10.5 Å². The molecule has 1 N–H and O–H groups in total. The fourth-order valence-corrected chi connectivity index (χ4v) is 5.79. The first-order valence-corrected chi connectivity index (χ1v) is 13.2. The highest BCUT2D eigenvalue weighted by Gasteiger charge is 2.36. The minimum absolute atomic E-state index is 0.166. The number of carbonyl (C=O) groups is 1. The predicted molar refractivity (Wildman–Crippen MR) is 127 cm³/mol. The Kier molecular flexibility index (Phi) is 8.38. The van der Waals surface area contributed by atoms with Gasteiger partial charge in [0.15, 0.2) is 11.5 Å². The molecule has 11 heteroatoms. The summed E-state index contributed by atoms with van der Waals surface area (Å²) in [5.74, 6) is 0.320. The minimum atomic E-state index is -4.57. The third-order valence-electron chi connectivity index (χ3n) is 6.40. The topological polar surface area (TPSA) is 78.4 Å². The highest BCUT2D eigenvalue weighted by Crippen LogP contribution is 2.35. The third-order valence-corrected chi connectivity index (χ3v) is 7.95. The van der Waals surface area contributed by atoms with E-state index in [1.807, 2.05) is 4.90 Å². The zero-order valence-corrected chi connectivity index (χ0v) is 20.3. The Hall–Kier alpha value is -2.53. The molecule has 1 atom stereocenters. The van der Waals surface area contributed by atoms with Gasteiger partial charge in [-0.25, -0.2) is 8.51 Å². The summed E-state index contributed by atoms with van der Waals surface area (Å²) in [5, 5.41) is 11.1. The van der Waals surface area contributed by atoms with Gasteiger partial charge in [0, 0.05) is 32.7 Å². The van der Waals surface area contributed by atoms with E-state index >= 15 is 0 Å². The van der Waals surface area contributed by atoms with Crippen molar-refractivity contribution in [1.82, 2.24) is 19.8 Å². The van der Waals surface area contributed by atoms with Crippen molar-refractivity contribution in [3.05, 3.63) is 47.2 Å². The molecular formula is C24H30F3N5O2S. The number of anilines is 1. The minimum Gasteiger partial charge on any atom is -0.352 e. The van der Waals surface area contributed by atoms with E-state index in [2.05, 4.69) is 15.5 Å². The number of nitrogens with zero attached hydrogens (tertiary/aromatic N) is 4. The molecule has 1 aromatic carbocycles. The molecule has 0 radical (unpaired) electrons. The lowest BCUT2D eigenvalue weighted by molar-refractivity contribution is -0.139. The molecule has 0 aliphatic carbocycles. The van der Waals surface area contributed by atoms with Crippen LogP contribution in [0.5, 0.6) is 0 Å². The molecule has 0 saturated carbocycles. The van der Waals surface area contributed by atoms with Crippen molar-refractivity contribution >= 4 is 22.7 Å². The van der Waals surface area contributed by atoms with Crippen molar-refractivity contribution in [1.29, 1.82) is 0 Å². The molecule has 1 amide bonds. The van der Waals surface area contributed by atoms with E-state index in [-0.39, 0.29) is 16.5 Å². The van der Waals surface area contributed by atoms with Gasteiger partial charge in [-0.05, 0) is 49.1 Å². The number of aromatic nitrogens is 2. The van der Waals surface area contributed by atoms with Gasteiger partial charge in [0.1, 0.15) is 11.0 Å². The first-order valence-electron chi connectivity index (χ1n) is 12.1. The lowest BCUT2D eigenvalue weighted by atomic mass is 10.0. The molecule has 6 rings (SSSR count). The molecule has 6 bridgehead atoms. The summed E-state index contributed by atoms with van der Waals surface area (Å²) in [6.07, 6.45) is 1.81. The number of piperazine rings is 1. The number of carbonyl (C=O) groups excluding carboxylic acids is 1. The van der Waals surface area contributed by atoms with E-state index in [0.717, 1.165) is 50.2 Å². The molecular weight excluding hydrogens is 479 g/mol. The fraction of sp³-hybridized carbons (Fsp3) is 0.542. The second kappa shape index (κ2) is 11.5. The Labute approximate surface area is 205 Å². The van der Waals surface area contributed by atoms with Gasteiger partial charge >= 0.3 is 6.18 Å². The van der Waals surface area contributed by atoms with Crippen LogP contribution in [-0.4, -0.2) is 57.3 Å². The first kappa shape index (κ1) is 25.6. The molecule has 1 aromatic heterocycles. The van der Waals surface area contributed by atoms with Gasteiger partial charge in [-0.3, -0.25) is 4.79 Å². The Bertz CT molecular complexity index is 1040. The van der Waals surface area contributed by atoms with Crippen LogP contribution in [0.3, 0.4) is 0 Å². The predicted octanol–water partition coefficient (Wildman–Crippen LogP) is 3.97. The van der Waals surface area contributed by atoms with Gasteiger partial charge in [0.25, 0.3) is 5.91 Å². The lowest BCUT2D eigenvalue weighted by Crippen LogP contribution is -2.47. The highest BCUT2D eigenvalue weighted by atomic mass is 32.2. The average Bonchev–Trinajstić information content (AvgIpc) is 2.86. The van der Waals surface area contributed by atoms with E-state index in [0.29, 0.717) is 45.0 Å². The highest BCUT2D eigenvalue weighted by molar-refractivity contribution is 7.82. The van der Waals surface area contributed by atoms with Crippen LogP contribution in [0.15, 0.2) is 35.2 Å². The van der Waals surface area contributed by atoms with Gasteiger partial charge in [-0.2, -0.15) is 13.2 Å². The van der Waals surface area contributed by atoms with Crippen LogP contribution in [0, 0.1) is 0 Å². The van der Waals surface area contributed by atoms with E-state index in [1.165, 1.54) is 12.1 Å². The summed E-state index contributed by atoms with van der Waals surface area (Å²) in [7, 11) is -1.93. The van der Waals surface area contributed by atoms with Crippen LogP contribution in [0.2, 0.25) is 0 Å². The molecule has 35 heavy (non-hydrogen) atoms. The zero-order valence-electron chi connectivity index (χ0n) is 19.5. The largest absolute Gasteiger partial charge is 0.417 e. The van der Waals surface area contributed by atoms with Crippen LogP contribution < -0.4 is 10.2 Å². The number of nitrogens with one attached hydrogen (secondary N) is 1. The van der Waals surface area contributed by atoms with Crippen LogP contribution in [0.25, 0.3) is 0 Å². The fourth-order valence-electron chi connectivity index (χ4n) is 4.39. The molecule has 0 spiro atoms. The number of amides is 1. The third kappa shape index (κ3) is 6.58. The lowest BCUT2D eigenvalue weighted by Gasteiger charge is -2.34.